The Hall–Kier alpha value is -4.22. The molecule has 1 aliphatic heterocycles. The summed E-state index contributed by atoms with van der Waals surface area (Å²) in [6, 6.07) is 11.0. The molecule has 0 fully saturated rings. The van der Waals surface area contributed by atoms with Crippen molar-refractivity contribution in [2.45, 2.75) is 32.5 Å². The van der Waals surface area contributed by atoms with Gasteiger partial charge in [-0.3, -0.25) is 14.7 Å². The van der Waals surface area contributed by atoms with E-state index in [1.54, 1.807) is 18.3 Å². The van der Waals surface area contributed by atoms with E-state index in [4.69, 9.17) is 0 Å². The van der Waals surface area contributed by atoms with Gasteiger partial charge in [0, 0.05) is 29.3 Å². The molecule has 1 aromatic carbocycles. The predicted octanol–water partition coefficient (Wildman–Crippen LogP) is 3.53. The van der Waals surface area contributed by atoms with E-state index in [0.29, 0.717) is 17.1 Å². The van der Waals surface area contributed by atoms with Crippen LogP contribution in [-0.2, 0) is 23.9 Å². The van der Waals surface area contributed by atoms with E-state index in [9.17, 15) is 18.0 Å². The first kappa shape index (κ1) is 21.6. The fraction of sp³-hybridized carbons (Fsp3) is 0.227. The van der Waals surface area contributed by atoms with E-state index in [0.717, 1.165) is 11.1 Å². The van der Waals surface area contributed by atoms with Crippen LogP contribution in [0, 0.1) is 6.92 Å². The highest BCUT2D eigenvalue weighted by Crippen LogP contribution is 2.37. The summed E-state index contributed by atoms with van der Waals surface area (Å²) in [4.78, 5) is 26.2. The van der Waals surface area contributed by atoms with Crippen molar-refractivity contribution in [2.24, 2.45) is 0 Å². The van der Waals surface area contributed by atoms with Crippen molar-refractivity contribution in [1.82, 2.24) is 35.6 Å². The molecule has 0 atom stereocenters. The van der Waals surface area contributed by atoms with Crippen LogP contribution in [0.5, 0.6) is 0 Å². The smallest absolute Gasteiger partial charge is 0.292 e. The zero-order valence-electron chi connectivity index (χ0n) is 17.8. The van der Waals surface area contributed by atoms with Gasteiger partial charge in [-0.05, 0) is 30.2 Å². The van der Waals surface area contributed by atoms with Crippen molar-refractivity contribution >= 4 is 11.7 Å². The number of tetrazole rings is 1. The normalized spacial score (nSPS) is 13.8. The third-order valence-electron chi connectivity index (χ3n) is 5.47. The Balaban J connectivity index is 1.46. The molecule has 9 nitrogen and oxygen atoms in total. The van der Waals surface area contributed by atoms with Crippen LogP contribution in [0.25, 0.3) is 22.6 Å². The van der Waals surface area contributed by atoms with Crippen LogP contribution < -0.4 is 4.90 Å². The van der Waals surface area contributed by atoms with Crippen LogP contribution in [0.1, 0.15) is 29.1 Å². The molecule has 0 spiro atoms. The maximum Gasteiger partial charge on any atom is 0.433 e. The number of carbonyl (C=O) groups excluding carboxylic acids is 1. The SMILES string of the molecule is Cc1nc2c(c(C(F)(F)F)n1)CCC(=O)N2Cc1ccc(-c2ccccc2-c2nn[nH]n2)nc1. The number of halogens is 3. The standard InChI is InChI=1S/C22H17F3N8O/c1-12-27-19(22(23,24)25)16-7-9-18(34)33(21(16)28-12)11-13-6-8-17(26-10-13)14-4-2-3-5-15(14)20-29-31-32-30-20/h2-6,8,10H,7,9,11H2,1H3,(H,29,30,31,32). The largest absolute Gasteiger partial charge is 0.433 e. The number of aryl methyl sites for hydroxylation is 1. The van der Waals surface area contributed by atoms with Crippen molar-refractivity contribution in [3.63, 3.8) is 0 Å². The lowest BCUT2D eigenvalue weighted by Gasteiger charge is -2.30. The highest BCUT2D eigenvalue weighted by atomic mass is 19.4. The minimum atomic E-state index is -4.63. The Morgan fingerprint density at radius 1 is 1.06 bits per heavy atom. The van der Waals surface area contributed by atoms with Gasteiger partial charge in [0.05, 0.1) is 12.2 Å². The fourth-order valence-electron chi connectivity index (χ4n) is 3.95. The van der Waals surface area contributed by atoms with E-state index in [1.165, 1.54) is 11.8 Å². The first-order chi connectivity index (χ1) is 16.3. The van der Waals surface area contributed by atoms with Gasteiger partial charge in [0.25, 0.3) is 0 Å². The summed E-state index contributed by atoms with van der Waals surface area (Å²) in [5, 5.41) is 14.0. The summed E-state index contributed by atoms with van der Waals surface area (Å²) >= 11 is 0. The number of benzene rings is 1. The van der Waals surface area contributed by atoms with Crippen LogP contribution in [-0.4, -0.2) is 41.5 Å². The molecule has 0 unspecified atom stereocenters. The average molecular weight is 466 g/mol. The molecule has 4 heterocycles. The molecule has 0 aliphatic carbocycles. The molecule has 0 radical (unpaired) electrons. The second-order valence-electron chi connectivity index (χ2n) is 7.73. The fourth-order valence-corrected chi connectivity index (χ4v) is 3.95. The third kappa shape index (κ3) is 3.98. The van der Waals surface area contributed by atoms with Crippen molar-refractivity contribution < 1.29 is 18.0 Å². The summed E-state index contributed by atoms with van der Waals surface area (Å²) in [7, 11) is 0. The number of aromatic amines is 1. The van der Waals surface area contributed by atoms with Gasteiger partial charge >= 0.3 is 6.18 Å². The molecule has 4 aromatic rings. The lowest BCUT2D eigenvalue weighted by atomic mass is 10.0. The number of H-pyrrole nitrogens is 1. The molecule has 5 rings (SSSR count). The Bertz CT molecular complexity index is 1350. The summed E-state index contributed by atoms with van der Waals surface area (Å²) in [5.74, 6) is 0.0812. The number of anilines is 1. The van der Waals surface area contributed by atoms with Gasteiger partial charge in [-0.25, -0.2) is 9.97 Å². The maximum atomic E-state index is 13.5. The molecule has 3 aromatic heterocycles. The third-order valence-corrected chi connectivity index (χ3v) is 5.47. The highest BCUT2D eigenvalue weighted by molar-refractivity contribution is 5.95. The molecule has 0 saturated heterocycles. The number of fused-ring (bicyclic) bond motifs is 1. The quantitative estimate of drug-likeness (QED) is 0.490. The summed E-state index contributed by atoms with van der Waals surface area (Å²) in [6.07, 6.45) is -3.14. The molecule has 172 valence electrons. The molecule has 1 N–H and O–H groups in total. The van der Waals surface area contributed by atoms with Gasteiger partial charge in [0.2, 0.25) is 11.7 Å². The minimum absolute atomic E-state index is 0.00241. The molecule has 34 heavy (non-hydrogen) atoms. The topological polar surface area (TPSA) is 113 Å². The van der Waals surface area contributed by atoms with Crippen molar-refractivity contribution in [2.75, 3.05) is 4.90 Å². The molecular formula is C22H17F3N8O. The number of nitrogens with one attached hydrogen (secondary N) is 1. The molecule has 0 bridgehead atoms. The van der Waals surface area contributed by atoms with Gasteiger partial charge in [-0.1, -0.05) is 30.3 Å². The van der Waals surface area contributed by atoms with Crippen LogP contribution in [0.15, 0.2) is 42.6 Å². The second kappa shape index (κ2) is 8.28. The monoisotopic (exact) mass is 466 g/mol. The lowest BCUT2D eigenvalue weighted by molar-refractivity contribution is -0.142. The first-order valence-corrected chi connectivity index (χ1v) is 10.3. The molecule has 0 saturated carbocycles. The van der Waals surface area contributed by atoms with Gasteiger partial charge in [0.1, 0.15) is 11.6 Å². The summed E-state index contributed by atoms with van der Waals surface area (Å²) < 4.78 is 40.6. The second-order valence-corrected chi connectivity index (χ2v) is 7.73. The number of hydrogen-bond donors (Lipinski definition) is 1. The highest BCUT2D eigenvalue weighted by Gasteiger charge is 2.40. The maximum absolute atomic E-state index is 13.5. The molecule has 12 heteroatoms. The van der Waals surface area contributed by atoms with Crippen LogP contribution in [0.4, 0.5) is 19.0 Å². The van der Waals surface area contributed by atoms with E-state index in [-0.39, 0.29) is 42.5 Å². The average Bonchev–Trinajstić information content (AvgIpc) is 3.35. The Labute approximate surface area is 191 Å². The number of aromatic nitrogens is 7. The first-order valence-electron chi connectivity index (χ1n) is 10.3. The van der Waals surface area contributed by atoms with Crippen molar-refractivity contribution in [3.8, 4) is 22.6 Å². The van der Waals surface area contributed by atoms with Crippen molar-refractivity contribution in [3.05, 3.63) is 65.2 Å². The Morgan fingerprint density at radius 3 is 2.53 bits per heavy atom. The zero-order valence-corrected chi connectivity index (χ0v) is 17.8. The summed E-state index contributed by atoms with van der Waals surface area (Å²) in [6.45, 7) is 1.42. The molecule has 1 aliphatic rings. The number of hydrogen-bond acceptors (Lipinski definition) is 7. The van der Waals surface area contributed by atoms with E-state index >= 15 is 0 Å². The van der Waals surface area contributed by atoms with Crippen LogP contribution >= 0.6 is 0 Å². The van der Waals surface area contributed by atoms with E-state index < -0.39 is 11.9 Å². The van der Waals surface area contributed by atoms with Gasteiger partial charge in [-0.2, -0.15) is 18.4 Å². The molecule has 1 amide bonds. The Morgan fingerprint density at radius 2 is 1.85 bits per heavy atom. The minimum Gasteiger partial charge on any atom is -0.292 e. The van der Waals surface area contributed by atoms with E-state index in [1.807, 2.05) is 24.3 Å². The summed E-state index contributed by atoms with van der Waals surface area (Å²) in [5.41, 5.74) is 1.77. The van der Waals surface area contributed by atoms with Gasteiger partial charge < -0.3 is 0 Å². The van der Waals surface area contributed by atoms with Crippen LogP contribution in [0.3, 0.4) is 0 Å². The van der Waals surface area contributed by atoms with Gasteiger partial charge in [0.15, 0.2) is 5.69 Å². The number of rotatable bonds is 4. The number of nitrogens with zero attached hydrogens (tertiary/aromatic N) is 7. The molecular weight excluding hydrogens is 449 g/mol. The lowest BCUT2D eigenvalue weighted by Crippen LogP contribution is -2.37. The van der Waals surface area contributed by atoms with E-state index in [2.05, 4.69) is 35.6 Å². The zero-order chi connectivity index (χ0) is 23.9. The Kier molecular flexibility index (Phi) is 5.27. The number of alkyl halides is 3. The predicted molar refractivity (Wildman–Crippen MR) is 114 cm³/mol. The number of amides is 1. The number of carbonyl (C=O) groups is 1. The van der Waals surface area contributed by atoms with Gasteiger partial charge in [-0.15, -0.1) is 10.2 Å². The van der Waals surface area contributed by atoms with Crippen molar-refractivity contribution in [1.29, 1.82) is 0 Å². The van der Waals surface area contributed by atoms with Crippen LogP contribution in [0.2, 0.25) is 0 Å². The number of pyridine rings is 1.